The number of aromatic amines is 1. The highest BCUT2D eigenvalue weighted by Crippen LogP contribution is 2.21. The van der Waals surface area contributed by atoms with E-state index in [9.17, 15) is 0 Å². The molecule has 6 nitrogen and oxygen atoms in total. The smallest absolute Gasteiger partial charge is 0.182 e. The largest absolute Gasteiger partial charge is 0.467 e. The molecule has 0 bridgehead atoms. The van der Waals surface area contributed by atoms with Gasteiger partial charge in [-0.05, 0) is 19.1 Å². The minimum Gasteiger partial charge on any atom is -0.467 e. The predicted octanol–water partition coefficient (Wildman–Crippen LogP) is 2.12. The fourth-order valence-electron chi connectivity index (χ4n) is 1.69. The van der Waals surface area contributed by atoms with Crippen molar-refractivity contribution in [1.82, 2.24) is 19.9 Å². The predicted molar refractivity (Wildman–Crippen MR) is 62.4 cm³/mol. The molecule has 2 N–H and O–H groups in total. The summed E-state index contributed by atoms with van der Waals surface area (Å²) in [6.07, 6.45) is 4.74. The molecule has 0 saturated carbocycles. The molecule has 0 aliphatic rings. The van der Waals surface area contributed by atoms with Gasteiger partial charge in [-0.15, -0.1) is 0 Å². The number of H-pyrrole nitrogens is 1. The van der Waals surface area contributed by atoms with Gasteiger partial charge in [-0.1, -0.05) is 0 Å². The third-order valence-electron chi connectivity index (χ3n) is 2.55. The van der Waals surface area contributed by atoms with Crippen LogP contribution in [0.15, 0.2) is 35.5 Å². The zero-order valence-corrected chi connectivity index (χ0v) is 9.21. The summed E-state index contributed by atoms with van der Waals surface area (Å²) in [5, 5.41) is 3.26. The highest BCUT2D eigenvalue weighted by molar-refractivity contribution is 5.82. The Morgan fingerprint density at radius 1 is 1.35 bits per heavy atom. The van der Waals surface area contributed by atoms with Crippen LogP contribution in [-0.2, 0) is 0 Å². The van der Waals surface area contributed by atoms with Gasteiger partial charge in [-0.2, -0.15) is 0 Å². The average Bonchev–Trinajstić information content (AvgIpc) is 3.00. The molecule has 0 aliphatic heterocycles. The van der Waals surface area contributed by atoms with Crippen LogP contribution >= 0.6 is 0 Å². The quantitative estimate of drug-likeness (QED) is 0.719. The van der Waals surface area contributed by atoms with Crippen molar-refractivity contribution in [3.05, 3.63) is 36.8 Å². The van der Waals surface area contributed by atoms with Gasteiger partial charge in [0.25, 0.3) is 0 Å². The molecule has 0 radical (unpaired) electrons. The third-order valence-corrected chi connectivity index (χ3v) is 2.55. The number of rotatable bonds is 3. The second-order valence-electron chi connectivity index (χ2n) is 3.70. The van der Waals surface area contributed by atoms with Crippen LogP contribution in [0.5, 0.6) is 0 Å². The lowest BCUT2D eigenvalue weighted by molar-refractivity contribution is 0.490. The Kier molecular flexibility index (Phi) is 2.25. The number of anilines is 1. The molecule has 1 atom stereocenters. The van der Waals surface area contributed by atoms with Crippen LogP contribution in [0.4, 0.5) is 5.82 Å². The Bertz CT molecular complexity index is 616. The number of furan rings is 1. The topological polar surface area (TPSA) is 79.6 Å². The van der Waals surface area contributed by atoms with Crippen molar-refractivity contribution in [3.63, 3.8) is 0 Å². The molecular formula is C11H11N5O. The van der Waals surface area contributed by atoms with E-state index in [1.54, 1.807) is 12.6 Å². The van der Waals surface area contributed by atoms with Crippen LogP contribution in [-0.4, -0.2) is 19.9 Å². The Labute approximate surface area is 97.1 Å². The molecule has 0 aromatic carbocycles. The summed E-state index contributed by atoms with van der Waals surface area (Å²) in [7, 11) is 0. The third kappa shape index (κ3) is 1.73. The first-order valence-corrected chi connectivity index (χ1v) is 5.28. The first-order valence-electron chi connectivity index (χ1n) is 5.28. The minimum atomic E-state index is 0.0337. The highest BCUT2D eigenvalue weighted by Gasteiger charge is 2.11. The zero-order chi connectivity index (χ0) is 11.7. The minimum absolute atomic E-state index is 0.0337. The van der Waals surface area contributed by atoms with E-state index in [1.807, 2.05) is 19.1 Å². The van der Waals surface area contributed by atoms with E-state index in [0.717, 1.165) is 17.1 Å². The lowest BCUT2D eigenvalue weighted by Crippen LogP contribution is -2.07. The van der Waals surface area contributed by atoms with E-state index in [1.165, 1.54) is 6.33 Å². The molecule has 0 amide bonds. The second-order valence-corrected chi connectivity index (χ2v) is 3.70. The van der Waals surface area contributed by atoms with E-state index < -0.39 is 0 Å². The van der Waals surface area contributed by atoms with Crippen LogP contribution in [0.3, 0.4) is 0 Å². The van der Waals surface area contributed by atoms with Gasteiger partial charge in [0.15, 0.2) is 11.5 Å². The van der Waals surface area contributed by atoms with Crippen LogP contribution in [0.1, 0.15) is 18.7 Å². The van der Waals surface area contributed by atoms with E-state index in [2.05, 4.69) is 25.3 Å². The van der Waals surface area contributed by atoms with Crippen molar-refractivity contribution in [2.45, 2.75) is 13.0 Å². The molecule has 0 saturated heterocycles. The number of imidazole rings is 1. The molecule has 3 aromatic rings. The molecule has 3 rings (SSSR count). The van der Waals surface area contributed by atoms with Crippen molar-refractivity contribution in [1.29, 1.82) is 0 Å². The van der Waals surface area contributed by atoms with Gasteiger partial charge in [-0.25, -0.2) is 15.0 Å². The Morgan fingerprint density at radius 2 is 2.29 bits per heavy atom. The normalized spacial score (nSPS) is 12.8. The monoisotopic (exact) mass is 229 g/mol. The highest BCUT2D eigenvalue weighted by atomic mass is 16.3. The van der Waals surface area contributed by atoms with Crippen LogP contribution in [0.2, 0.25) is 0 Å². The van der Waals surface area contributed by atoms with Gasteiger partial charge in [0.2, 0.25) is 0 Å². The first kappa shape index (κ1) is 9.83. The summed E-state index contributed by atoms with van der Waals surface area (Å²) in [5.74, 6) is 1.58. The Morgan fingerprint density at radius 3 is 3.12 bits per heavy atom. The van der Waals surface area contributed by atoms with Crippen LogP contribution < -0.4 is 5.32 Å². The molecule has 86 valence electrons. The lowest BCUT2D eigenvalue weighted by atomic mass is 10.2. The van der Waals surface area contributed by atoms with Gasteiger partial charge in [0, 0.05) is 0 Å². The van der Waals surface area contributed by atoms with Crippen LogP contribution in [0, 0.1) is 0 Å². The standard InChI is InChI=1S/C11H11N5O/c1-7(8-3-2-4-17-8)16-11-9-10(13-5-12-9)14-6-15-11/h2-7H,1H3,(H2,12,13,14,15,16). The number of nitrogens with one attached hydrogen (secondary N) is 2. The molecule has 17 heavy (non-hydrogen) atoms. The van der Waals surface area contributed by atoms with Crippen molar-refractivity contribution >= 4 is 17.0 Å². The number of nitrogens with zero attached hydrogens (tertiary/aromatic N) is 3. The SMILES string of the molecule is CC(Nc1ncnc2nc[nH]c12)c1ccco1. The maximum absolute atomic E-state index is 5.33. The van der Waals surface area contributed by atoms with Gasteiger partial charge < -0.3 is 14.7 Å². The zero-order valence-electron chi connectivity index (χ0n) is 9.21. The lowest BCUT2D eigenvalue weighted by Gasteiger charge is -2.11. The summed E-state index contributed by atoms with van der Waals surface area (Å²) >= 11 is 0. The number of hydrogen-bond donors (Lipinski definition) is 2. The molecule has 0 spiro atoms. The van der Waals surface area contributed by atoms with Crippen LogP contribution in [0.25, 0.3) is 11.2 Å². The van der Waals surface area contributed by atoms with E-state index in [0.29, 0.717) is 5.65 Å². The summed E-state index contributed by atoms with van der Waals surface area (Å²) in [6.45, 7) is 2.00. The van der Waals surface area contributed by atoms with Gasteiger partial charge in [0.1, 0.15) is 17.6 Å². The summed E-state index contributed by atoms with van der Waals surface area (Å²) in [4.78, 5) is 15.3. The molecule has 3 heterocycles. The Balaban J connectivity index is 1.92. The van der Waals surface area contributed by atoms with E-state index >= 15 is 0 Å². The molecule has 0 aliphatic carbocycles. The summed E-state index contributed by atoms with van der Waals surface area (Å²) in [5.41, 5.74) is 1.44. The molecular weight excluding hydrogens is 218 g/mol. The molecule has 3 aromatic heterocycles. The summed E-state index contributed by atoms with van der Waals surface area (Å²) < 4.78 is 5.33. The van der Waals surface area contributed by atoms with E-state index in [4.69, 9.17) is 4.42 Å². The molecule has 1 unspecified atom stereocenters. The van der Waals surface area contributed by atoms with E-state index in [-0.39, 0.29) is 6.04 Å². The summed E-state index contributed by atoms with van der Waals surface area (Å²) in [6, 6.07) is 3.81. The van der Waals surface area contributed by atoms with Gasteiger partial charge >= 0.3 is 0 Å². The van der Waals surface area contributed by atoms with Crippen molar-refractivity contribution in [3.8, 4) is 0 Å². The molecule has 0 fully saturated rings. The molecule has 6 heteroatoms. The number of aromatic nitrogens is 4. The maximum atomic E-state index is 5.33. The number of hydrogen-bond acceptors (Lipinski definition) is 5. The van der Waals surface area contributed by atoms with Crippen molar-refractivity contribution in [2.75, 3.05) is 5.32 Å². The van der Waals surface area contributed by atoms with Crippen molar-refractivity contribution < 1.29 is 4.42 Å². The second kappa shape index (κ2) is 3.89. The average molecular weight is 229 g/mol. The first-order chi connectivity index (χ1) is 8.34. The Hall–Kier alpha value is -2.37. The maximum Gasteiger partial charge on any atom is 0.182 e. The van der Waals surface area contributed by atoms with Crippen molar-refractivity contribution in [2.24, 2.45) is 0 Å². The fraction of sp³-hybridized carbons (Fsp3) is 0.182. The van der Waals surface area contributed by atoms with Gasteiger partial charge in [0.05, 0.1) is 18.6 Å². The van der Waals surface area contributed by atoms with Gasteiger partial charge in [-0.3, -0.25) is 0 Å². The fourth-order valence-corrected chi connectivity index (χ4v) is 1.69. The number of fused-ring (bicyclic) bond motifs is 1.